The van der Waals surface area contributed by atoms with E-state index in [-0.39, 0.29) is 0 Å². The third-order valence-electron chi connectivity index (χ3n) is 4.53. The highest BCUT2D eigenvalue weighted by Gasteiger charge is 2.27. The monoisotopic (exact) mass is 261 g/mol. The Balaban J connectivity index is 2.18. The summed E-state index contributed by atoms with van der Waals surface area (Å²) < 4.78 is 0. The van der Waals surface area contributed by atoms with Crippen LogP contribution in [0.3, 0.4) is 0 Å². The van der Waals surface area contributed by atoms with Crippen molar-refractivity contribution in [2.24, 2.45) is 11.8 Å². The highest BCUT2D eigenvalue weighted by Crippen LogP contribution is 2.32. The van der Waals surface area contributed by atoms with Crippen LogP contribution in [0.15, 0.2) is 18.2 Å². The molecule has 1 fully saturated rings. The van der Waals surface area contributed by atoms with Crippen molar-refractivity contribution < 1.29 is 9.90 Å². The van der Waals surface area contributed by atoms with E-state index < -0.39 is 5.97 Å². The number of carboxylic acid groups (broad SMARTS) is 1. The Bertz CT molecular complexity index is 470. The van der Waals surface area contributed by atoms with Gasteiger partial charge in [-0.1, -0.05) is 32.8 Å². The van der Waals surface area contributed by atoms with E-state index in [2.05, 4.69) is 19.2 Å². The Morgan fingerprint density at radius 1 is 1.32 bits per heavy atom. The lowest BCUT2D eigenvalue weighted by atomic mass is 9.78. The molecule has 3 unspecified atom stereocenters. The van der Waals surface area contributed by atoms with Crippen LogP contribution in [-0.4, -0.2) is 17.1 Å². The van der Waals surface area contributed by atoms with Crippen LogP contribution >= 0.6 is 0 Å². The van der Waals surface area contributed by atoms with E-state index in [0.29, 0.717) is 17.5 Å². The molecule has 1 saturated carbocycles. The predicted octanol–water partition coefficient (Wildman–Crippen LogP) is 3.93. The fraction of sp³-hybridized carbons (Fsp3) is 0.562. The first-order valence-corrected chi connectivity index (χ1v) is 7.09. The number of aromatic carboxylic acids is 1. The van der Waals surface area contributed by atoms with E-state index >= 15 is 0 Å². The molecule has 0 radical (unpaired) electrons. The van der Waals surface area contributed by atoms with Gasteiger partial charge in [0.1, 0.15) is 0 Å². The van der Waals surface area contributed by atoms with Gasteiger partial charge >= 0.3 is 5.97 Å². The summed E-state index contributed by atoms with van der Waals surface area (Å²) in [6.07, 6.45) is 3.72. The van der Waals surface area contributed by atoms with Crippen LogP contribution in [0, 0.1) is 18.8 Å². The summed E-state index contributed by atoms with van der Waals surface area (Å²) in [6, 6.07) is 5.74. The molecule has 3 heteroatoms. The SMILES string of the molecule is Cc1ccc(C(=O)O)cc1NC1CCCC(C)C1C. The molecule has 1 aliphatic carbocycles. The topological polar surface area (TPSA) is 49.3 Å². The van der Waals surface area contributed by atoms with Gasteiger partial charge in [-0.2, -0.15) is 0 Å². The van der Waals surface area contributed by atoms with Crippen molar-refractivity contribution in [3.8, 4) is 0 Å². The molecule has 1 aromatic rings. The molecule has 0 heterocycles. The summed E-state index contributed by atoms with van der Waals surface area (Å²) in [5.41, 5.74) is 2.42. The third kappa shape index (κ3) is 3.09. The Morgan fingerprint density at radius 3 is 2.74 bits per heavy atom. The van der Waals surface area contributed by atoms with Gasteiger partial charge in [0.05, 0.1) is 5.56 Å². The van der Waals surface area contributed by atoms with Crippen molar-refractivity contribution in [2.75, 3.05) is 5.32 Å². The third-order valence-corrected chi connectivity index (χ3v) is 4.53. The highest BCUT2D eigenvalue weighted by molar-refractivity contribution is 5.89. The molecule has 3 atom stereocenters. The predicted molar refractivity (Wildman–Crippen MR) is 77.7 cm³/mol. The van der Waals surface area contributed by atoms with Crippen LogP contribution in [0.25, 0.3) is 0 Å². The maximum Gasteiger partial charge on any atom is 0.335 e. The van der Waals surface area contributed by atoms with Gasteiger partial charge in [-0.25, -0.2) is 4.79 Å². The number of nitrogens with one attached hydrogen (secondary N) is 1. The van der Waals surface area contributed by atoms with E-state index in [9.17, 15) is 4.79 Å². The first-order chi connectivity index (χ1) is 8.99. The number of hydrogen-bond acceptors (Lipinski definition) is 2. The number of rotatable bonds is 3. The molecule has 1 aromatic carbocycles. The number of hydrogen-bond donors (Lipinski definition) is 2. The van der Waals surface area contributed by atoms with Crippen LogP contribution in [0.2, 0.25) is 0 Å². The van der Waals surface area contributed by atoms with Crippen LogP contribution in [0.4, 0.5) is 5.69 Å². The molecule has 2 rings (SSSR count). The summed E-state index contributed by atoms with van der Waals surface area (Å²) in [5, 5.41) is 12.6. The van der Waals surface area contributed by atoms with Gasteiger partial charge < -0.3 is 10.4 Å². The molecule has 3 nitrogen and oxygen atoms in total. The minimum atomic E-state index is -0.867. The first kappa shape index (κ1) is 13.9. The molecule has 2 N–H and O–H groups in total. The summed E-state index contributed by atoms with van der Waals surface area (Å²) in [5.74, 6) is 0.490. The second kappa shape index (κ2) is 5.64. The van der Waals surface area contributed by atoms with Gasteiger partial charge in [0.2, 0.25) is 0 Å². The molecule has 0 saturated heterocycles. The lowest BCUT2D eigenvalue weighted by molar-refractivity contribution is 0.0697. The van der Waals surface area contributed by atoms with Gasteiger partial charge in [-0.05, 0) is 42.9 Å². The maximum absolute atomic E-state index is 11.0. The average molecular weight is 261 g/mol. The van der Waals surface area contributed by atoms with Crippen LogP contribution in [-0.2, 0) is 0 Å². The molecular formula is C16H23NO2. The molecule has 104 valence electrons. The standard InChI is InChI=1S/C16H23NO2/c1-10-5-4-6-14(12(10)3)17-15-9-13(16(18)19)8-7-11(15)2/h7-10,12,14,17H,4-6H2,1-3H3,(H,18,19). The fourth-order valence-corrected chi connectivity index (χ4v) is 2.90. The molecule has 0 amide bonds. The number of carboxylic acids is 1. The summed E-state index contributed by atoms with van der Waals surface area (Å²) in [6.45, 7) is 6.61. The fourth-order valence-electron chi connectivity index (χ4n) is 2.90. The lowest BCUT2D eigenvalue weighted by Crippen LogP contribution is -2.35. The van der Waals surface area contributed by atoms with Gasteiger partial charge in [0.15, 0.2) is 0 Å². The van der Waals surface area contributed by atoms with E-state index in [1.54, 1.807) is 12.1 Å². The van der Waals surface area contributed by atoms with Crippen molar-refractivity contribution in [3.63, 3.8) is 0 Å². The molecule has 0 spiro atoms. The maximum atomic E-state index is 11.0. The van der Waals surface area contributed by atoms with E-state index in [0.717, 1.165) is 17.2 Å². The quantitative estimate of drug-likeness (QED) is 0.866. The Morgan fingerprint density at radius 2 is 2.05 bits per heavy atom. The summed E-state index contributed by atoms with van der Waals surface area (Å²) >= 11 is 0. The first-order valence-electron chi connectivity index (χ1n) is 7.09. The summed E-state index contributed by atoms with van der Waals surface area (Å²) in [4.78, 5) is 11.0. The van der Waals surface area contributed by atoms with Gasteiger partial charge in [0, 0.05) is 11.7 Å². The van der Waals surface area contributed by atoms with Gasteiger partial charge in [0.25, 0.3) is 0 Å². The van der Waals surface area contributed by atoms with Crippen molar-refractivity contribution in [1.29, 1.82) is 0 Å². The zero-order chi connectivity index (χ0) is 14.0. The second-order valence-electron chi connectivity index (χ2n) is 5.85. The number of carbonyl (C=O) groups is 1. The van der Waals surface area contributed by atoms with E-state index in [1.165, 1.54) is 19.3 Å². The van der Waals surface area contributed by atoms with Crippen molar-refractivity contribution >= 4 is 11.7 Å². The molecule has 0 aliphatic heterocycles. The minimum Gasteiger partial charge on any atom is -0.478 e. The van der Waals surface area contributed by atoms with Crippen molar-refractivity contribution in [2.45, 2.75) is 46.1 Å². The number of benzene rings is 1. The Labute approximate surface area is 115 Å². The Kier molecular flexibility index (Phi) is 4.13. The summed E-state index contributed by atoms with van der Waals surface area (Å²) in [7, 11) is 0. The molecule has 19 heavy (non-hydrogen) atoms. The highest BCUT2D eigenvalue weighted by atomic mass is 16.4. The number of aryl methyl sites for hydroxylation is 1. The van der Waals surface area contributed by atoms with Crippen LogP contribution < -0.4 is 5.32 Å². The normalized spacial score (nSPS) is 27.0. The van der Waals surface area contributed by atoms with E-state index in [1.807, 2.05) is 13.0 Å². The van der Waals surface area contributed by atoms with E-state index in [4.69, 9.17) is 5.11 Å². The Hall–Kier alpha value is -1.51. The average Bonchev–Trinajstić information content (AvgIpc) is 2.37. The second-order valence-corrected chi connectivity index (χ2v) is 5.85. The minimum absolute atomic E-state index is 0.351. The molecule has 0 bridgehead atoms. The molecular weight excluding hydrogens is 238 g/mol. The lowest BCUT2D eigenvalue weighted by Gasteiger charge is -2.35. The largest absolute Gasteiger partial charge is 0.478 e. The molecule has 0 aromatic heterocycles. The van der Waals surface area contributed by atoms with Crippen molar-refractivity contribution in [1.82, 2.24) is 0 Å². The zero-order valence-corrected chi connectivity index (χ0v) is 11.9. The van der Waals surface area contributed by atoms with Gasteiger partial charge in [-0.3, -0.25) is 0 Å². The van der Waals surface area contributed by atoms with Crippen LogP contribution in [0.5, 0.6) is 0 Å². The van der Waals surface area contributed by atoms with Crippen molar-refractivity contribution in [3.05, 3.63) is 29.3 Å². The molecule has 1 aliphatic rings. The zero-order valence-electron chi connectivity index (χ0n) is 11.9. The van der Waals surface area contributed by atoms with Crippen LogP contribution in [0.1, 0.15) is 49.0 Å². The van der Waals surface area contributed by atoms with Gasteiger partial charge in [-0.15, -0.1) is 0 Å². The smallest absolute Gasteiger partial charge is 0.335 e. The number of anilines is 1.